The van der Waals surface area contributed by atoms with E-state index in [0.29, 0.717) is 0 Å². The van der Waals surface area contributed by atoms with Gasteiger partial charge in [-0.05, 0) is 60.3 Å². The van der Waals surface area contributed by atoms with Crippen LogP contribution in [0.15, 0.2) is 33.5 Å². The number of phenols is 3. The Morgan fingerprint density at radius 3 is 2.25 bits per heavy atom. The molecule has 10 atom stereocenters. The zero-order valence-corrected chi connectivity index (χ0v) is 28.9. The fourth-order valence-corrected chi connectivity index (χ4v) is 7.21. The number of hydrogen-bond acceptors (Lipinski definition) is 14. The molecule has 2 saturated heterocycles. The number of benzene rings is 3. The summed E-state index contributed by atoms with van der Waals surface area (Å²) >= 11 is 0. The lowest BCUT2D eigenvalue weighted by molar-refractivity contribution is -0.287. The number of fused-ring (bicyclic) bond motifs is 4. The van der Waals surface area contributed by atoms with Gasteiger partial charge in [-0.2, -0.15) is 0 Å². The van der Waals surface area contributed by atoms with Crippen molar-refractivity contribution in [2.24, 2.45) is 0 Å². The molecule has 1 aromatic heterocycles. The predicted octanol–water partition coefficient (Wildman–Crippen LogP) is 2.52. The molecule has 10 unspecified atom stereocenters. The Bertz CT molecular complexity index is 2060. The lowest BCUT2D eigenvalue weighted by Gasteiger charge is -2.46. The molecule has 0 saturated carbocycles. The number of carboxylic acid groups (broad SMARTS) is 1. The maximum atomic E-state index is 13.4. The highest BCUT2D eigenvalue weighted by Crippen LogP contribution is 2.51. The van der Waals surface area contributed by atoms with Crippen molar-refractivity contribution in [2.45, 2.75) is 101 Å². The van der Waals surface area contributed by atoms with Gasteiger partial charge in [0.15, 0.2) is 17.3 Å². The Kier molecular flexibility index (Phi) is 9.48. The zero-order valence-electron chi connectivity index (χ0n) is 28.9. The lowest BCUT2D eigenvalue weighted by atomic mass is 9.88. The third kappa shape index (κ3) is 6.06. The molecule has 51 heavy (non-hydrogen) atoms. The summed E-state index contributed by atoms with van der Waals surface area (Å²) in [6.45, 7) is 5.87. The number of carbonyl (C=O) groups is 1. The number of aromatic hydroxyl groups is 3. The summed E-state index contributed by atoms with van der Waals surface area (Å²) in [6, 6.07) is 4.54. The second-order valence-electron chi connectivity index (χ2n) is 14.0. The van der Waals surface area contributed by atoms with E-state index in [2.05, 4.69) is 0 Å². The Morgan fingerprint density at radius 1 is 0.961 bits per heavy atom. The number of aliphatic hydroxyl groups excluding tert-OH is 3. The number of carboxylic acids is 1. The SMILES string of the molecule is CC1OC(OC2C(C)OC(c3ccc4c(O)c5cc(C(=O)O)c6c(=O)cc(C(C)(O)C(C)O)oc6c5c(O)c4c3O)CC2N(C)C)CC(O)C1O. The van der Waals surface area contributed by atoms with E-state index >= 15 is 0 Å². The van der Waals surface area contributed by atoms with Crippen LogP contribution in [0.25, 0.3) is 32.5 Å². The Balaban J connectivity index is 1.49. The summed E-state index contributed by atoms with van der Waals surface area (Å²) in [5.74, 6) is -3.57. The van der Waals surface area contributed by atoms with Crippen LogP contribution >= 0.6 is 0 Å². The molecule has 0 amide bonds. The lowest BCUT2D eigenvalue weighted by Crippen LogP contribution is -2.55. The van der Waals surface area contributed by atoms with Crippen LogP contribution in [0.2, 0.25) is 0 Å². The topological polar surface area (TPSA) is 240 Å². The van der Waals surface area contributed by atoms with Crippen molar-refractivity contribution in [3.05, 3.63) is 51.4 Å². The number of aromatic carboxylic acids is 1. The number of phenolic OH excluding ortho intramolecular Hbond substituents is 3. The van der Waals surface area contributed by atoms with Gasteiger partial charge in [0.1, 0.15) is 40.8 Å². The van der Waals surface area contributed by atoms with Crippen LogP contribution in [0.5, 0.6) is 17.2 Å². The van der Waals surface area contributed by atoms with Gasteiger partial charge in [0.05, 0.1) is 52.2 Å². The van der Waals surface area contributed by atoms with E-state index in [4.69, 9.17) is 18.6 Å². The van der Waals surface area contributed by atoms with Crippen molar-refractivity contribution in [2.75, 3.05) is 14.1 Å². The molecule has 6 rings (SSSR count). The van der Waals surface area contributed by atoms with E-state index in [1.807, 2.05) is 19.0 Å². The minimum Gasteiger partial charge on any atom is -0.507 e. The third-order valence-corrected chi connectivity index (χ3v) is 10.4. The number of hydrogen-bond donors (Lipinski definition) is 8. The molecule has 2 fully saturated rings. The average molecular weight is 714 g/mol. The molecule has 15 nitrogen and oxygen atoms in total. The largest absolute Gasteiger partial charge is 0.507 e. The molecule has 8 N–H and O–H groups in total. The van der Waals surface area contributed by atoms with Crippen molar-refractivity contribution in [1.82, 2.24) is 4.90 Å². The molecule has 0 bridgehead atoms. The molecule has 4 aromatic rings. The summed E-state index contributed by atoms with van der Waals surface area (Å²) in [7, 11) is 3.70. The van der Waals surface area contributed by atoms with Gasteiger partial charge < -0.3 is 64.4 Å². The molecule has 276 valence electrons. The molecule has 3 aromatic carbocycles. The van der Waals surface area contributed by atoms with Gasteiger partial charge in [0.25, 0.3) is 0 Å². The van der Waals surface area contributed by atoms with E-state index in [1.54, 1.807) is 13.8 Å². The molecular weight excluding hydrogens is 670 g/mol. The first-order chi connectivity index (χ1) is 23.8. The minimum absolute atomic E-state index is 0.0371. The van der Waals surface area contributed by atoms with Gasteiger partial charge in [-0.3, -0.25) is 4.79 Å². The van der Waals surface area contributed by atoms with Gasteiger partial charge in [-0.15, -0.1) is 0 Å². The molecule has 2 aliphatic rings. The average Bonchev–Trinajstić information content (AvgIpc) is 3.05. The highest BCUT2D eigenvalue weighted by atomic mass is 16.7. The maximum absolute atomic E-state index is 13.4. The van der Waals surface area contributed by atoms with E-state index in [9.17, 15) is 50.4 Å². The second kappa shape index (κ2) is 13.2. The van der Waals surface area contributed by atoms with Gasteiger partial charge in [0.2, 0.25) is 0 Å². The Hall–Kier alpha value is -4.06. The van der Waals surface area contributed by atoms with Gasteiger partial charge >= 0.3 is 5.97 Å². The van der Waals surface area contributed by atoms with E-state index in [0.717, 1.165) is 12.1 Å². The standard InChI is InChI=1S/C36H43NO14/c1-13-29(41)22(40)12-25(49-13)51-33-14(2)48-23(10-20(33)37(5)6)16-7-8-17-27(31(16)43)32(44)28-18(30(17)42)9-19(35(45)46)26-21(39)11-24(50-34(26)28)36(4,47)15(3)38/h7-9,11,13-15,20,22-23,25,29,33,38,40-44,47H,10,12H2,1-6H3,(H,45,46). The fraction of sp³-hybridized carbons (Fsp3) is 0.500. The molecule has 15 heteroatoms. The zero-order chi connectivity index (χ0) is 37.4. The van der Waals surface area contributed by atoms with Crippen LogP contribution in [0.1, 0.15) is 68.3 Å². The molecule has 0 radical (unpaired) electrons. The molecule has 3 heterocycles. The summed E-state index contributed by atoms with van der Waals surface area (Å²) in [4.78, 5) is 27.6. The quantitative estimate of drug-likeness (QED) is 0.0780. The fourth-order valence-electron chi connectivity index (χ4n) is 7.21. The van der Waals surface area contributed by atoms with Crippen LogP contribution in [0, 0.1) is 0 Å². The summed E-state index contributed by atoms with van der Waals surface area (Å²) in [6.07, 6.45) is -6.53. The Morgan fingerprint density at radius 2 is 1.65 bits per heavy atom. The van der Waals surface area contributed by atoms with E-state index in [-0.39, 0.29) is 46.0 Å². The summed E-state index contributed by atoms with van der Waals surface area (Å²) < 4.78 is 24.3. The van der Waals surface area contributed by atoms with Crippen LogP contribution < -0.4 is 5.43 Å². The predicted molar refractivity (Wildman–Crippen MR) is 182 cm³/mol. The maximum Gasteiger partial charge on any atom is 0.336 e. The highest BCUT2D eigenvalue weighted by Gasteiger charge is 2.44. The minimum atomic E-state index is -2.11. The monoisotopic (exact) mass is 713 g/mol. The highest BCUT2D eigenvalue weighted by molar-refractivity contribution is 6.23. The Labute approximate surface area is 291 Å². The molecule has 2 aliphatic heterocycles. The third-order valence-electron chi connectivity index (χ3n) is 10.4. The van der Waals surface area contributed by atoms with Crippen LogP contribution in [-0.2, 0) is 19.8 Å². The van der Waals surface area contributed by atoms with Crippen molar-refractivity contribution < 1.29 is 64.3 Å². The smallest absolute Gasteiger partial charge is 0.336 e. The van der Waals surface area contributed by atoms with Crippen molar-refractivity contribution >= 4 is 38.5 Å². The first kappa shape index (κ1) is 36.7. The number of aliphatic hydroxyl groups is 4. The van der Waals surface area contributed by atoms with E-state index < -0.39 is 106 Å². The summed E-state index contributed by atoms with van der Waals surface area (Å²) in [5.41, 5.74) is -3.78. The molecule has 0 aliphatic carbocycles. The normalized spacial score (nSPS) is 29.1. The molecule has 0 spiro atoms. The first-order valence-corrected chi connectivity index (χ1v) is 16.6. The van der Waals surface area contributed by atoms with E-state index in [1.165, 1.54) is 26.0 Å². The number of rotatable bonds is 7. The van der Waals surface area contributed by atoms with Gasteiger partial charge in [0, 0.05) is 34.9 Å². The van der Waals surface area contributed by atoms with Gasteiger partial charge in [-0.25, -0.2) is 4.79 Å². The van der Waals surface area contributed by atoms with Gasteiger partial charge in [-0.1, -0.05) is 6.07 Å². The van der Waals surface area contributed by atoms with Crippen molar-refractivity contribution in [3.63, 3.8) is 0 Å². The number of nitrogens with zero attached hydrogens (tertiary/aromatic N) is 1. The number of likely N-dealkylation sites (N-methyl/N-ethyl adjacent to an activating group) is 1. The van der Waals surface area contributed by atoms with Crippen molar-refractivity contribution in [1.29, 1.82) is 0 Å². The molecular formula is C36H43NO14. The van der Waals surface area contributed by atoms with Crippen LogP contribution in [0.3, 0.4) is 0 Å². The summed E-state index contributed by atoms with van der Waals surface area (Å²) in [5, 5.41) is 85.4. The number of ether oxygens (including phenoxy) is 3. The van der Waals surface area contributed by atoms with Crippen LogP contribution in [-0.4, -0.2) is 115 Å². The van der Waals surface area contributed by atoms with Crippen LogP contribution in [0.4, 0.5) is 0 Å². The second-order valence-corrected chi connectivity index (χ2v) is 14.0. The van der Waals surface area contributed by atoms with Crippen molar-refractivity contribution in [3.8, 4) is 17.2 Å². The first-order valence-electron chi connectivity index (χ1n) is 16.6.